The molecule has 0 saturated heterocycles. The smallest absolute Gasteiger partial charge is 0.111 e. The van der Waals surface area contributed by atoms with E-state index in [-0.39, 0.29) is 0 Å². The Morgan fingerprint density at radius 1 is 1.08 bits per heavy atom. The predicted octanol–water partition coefficient (Wildman–Crippen LogP) is 6.53. The Labute approximate surface area is 215 Å². The maximum absolute atomic E-state index is 6.34. The van der Waals surface area contributed by atoms with Gasteiger partial charge in [0.15, 0.2) is 0 Å². The zero-order chi connectivity index (χ0) is 26.5. The van der Waals surface area contributed by atoms with Crippen LogP contribution in [0.25, 0.3) is 0 Å². The van der Waals surface area contributed by atoms with Gasteiger partial charge in [0.2, 0.25) is 0 Å². The van der Waals surface area contributed by atoms with E-state index in [1.807, 2.05) is 63.3 Å². The van der Waals surface area contributed by atoms with Gasteiger partial charge < -0.3 is 16.0 Å². The summed E-state index contributed by atoms with van der Waals surface area (Å²) in [5.74, 6) is 0.796. The van der Waals surface area contributed by atoms with Gasteiger partial charge in [-0.2, -0.15) is 0 Å². The van der Waals surface area contributed by atoms with E-state index >= 15 is 0 Å². The molecule has 5 heteroatoms. The van der Waals surface area contributed by atoms with Crippen molar-refractivity contribution >= 4 is 6.21 Å². The van der Waals surface area contributed by atoms with E-state index in [0.29, 0.717) is 12.1 Å². The van der Waals surface area contributed by atoms with Crippen LogP contribution < -0.4 is 11.1 Å². The minimum Gasteiger partial charge on any atom is -0.399 e. The van der Waals surface area contributed by atoms with Crippen molar-refractivity contribution < 1.29 is 0 Å². The third kappa shape index (κ3) is 8.44. The average molecular weight is 480 g/mol. The number of aliphatic imine (C=N–C) groups is 1. The lowest BCUT2D eigenvalue weighted by Crippen LogP contribution is -2.12. The van der Waals surface area contributed by atoms with E-state index in [0.717, 1.165) is 51.7 Å². The molecule has 1 aromatic carbocycles. The third-order valence-electron chi connectivity index (χ3n) is 5.46. The molecule has 0 saturated carbocycles. The van der Waals surface area contributed by atoms with E-state index in [1.54, 1.807) is 12.3 Å². The van der Waals surface area contributed by atoms with Crippen LogP contribution in [0.3, 0.4) is 0 Å². The fourth-order valence-corrected chi connectivity index (χ4v) is 3.53. The Morgan fingerprint density at radius 3 is 2.42 bits per heavy atom. The predicted molar refractivity (Wildman–Crippen MR) is 154 cm³/mol. The summed E-state index contributed by atoms with van der Waals surface area (Å²) in [6.07, 6.45) is 14.1. The van der Waals surface area contributed by atoms with Gasteiger partial charge in [-0.05, 0) is 61.3 Å². The first kappa shape index (κ1) is 27.9. The molecule has 0 atom stereocenters. The second-order valence-corrected chi connectivity index (χ2v) is 8.21. The van der Waals surface area contributed by atoms with Crippen LogP contribution >= 0.6 is 0 Å². The van der Waals surface area contributed by atoms with Crippen LogP contribution in [0.5, 0.6) is 0 Å². The maximum Gasteiger partial charge on any atom is 0.111 e. The molecule has 1 aromatic heterocycles. The standard InChI is InChI=1S/C31H37N5/c1-8-26(19-28(9-2)34-23(6)18-25-15-13-12-14-16-25)22(5)17-27(29(32)10-3)20-31-35-24(7)30(36-31)21-33-11-4/h8-17,19,21,34H,2,4-6,18,20,32H2,1,3,7H3,(H,35,36)/b26-8+,27-17-,28-19+,29-10+,33-21?. The molecule has 2 aromatic rings. The summed E-state index contributed by atoms with van der Waals surface area (Å²) in [5.41, 5.74) is 14.3. The van der Waals surface area contributed by atoms with Gasteiger partial charge in [0.25, 0.3) is 0 Å². The Balaban J connectivity index is 2.24. The highest BCUT2D eigenvalue weighted by Crippen LogP contribution is 2.20. The molecule has 0 amide bonds. The Bertz CT molecular complexity index is 1250. The molecule has 2 rings (SSSR count). The van der Waals surface area contributed by atoms with E-state index in [2.05, 4.69) is 58.7 Å². The zero-order valence-corrected chi connectivity index (χ0v) is 21.6. The molecular weight excluding hydrogens is 442 g/mol. The molecule has 0 aliphatic rings. The van der Waals surface area contributed by atoms with Crippen molar-refractivity contribution in [1.29, 1.82) is 0 Å². The van der Waals surface area contributed by atoms with Crippen LogP contribution in [0.15, 0.2) is 132 Å². The van der Waals surface area contributed by atoms with Gasteiger partial charge in [-0.1, -0.05) is 68.8 Å². The van der Waals surface area contributed by atoms with E-state index < -0.39 is 0 Å². The SMILES string of the molecule is C=CN=Cc1nc(CC(=C/C(=C)C(/C=C(\C=C)NC(=C)Cc2ccccc2)=C/C)/C(N)=C\C)[nH]c1C. The van der Waals surface area contributed by atoms with Gasteiger partial charge in [0, 0.05) is 41.8 Å². The van der Waals surface area contributed by atoms with Crippen LogP contribution in [-0.2, 0) is 12.8 Å². The molecule has 0 spiro atoms. The number of hydrogen-bond donors (Lipinski definition) is 3. The lowest BCUT2D eigenvalue weighted by molar-refractivity contribution is 0.940. The highest BCUT2D eigenvalue weighted by atomic mass is 14.9. The molecular formula is C31H37N5. The number of nitrogens with zero attached hydrogens (tertiary/aromatic N) is 2. The summed E-state index contributed by atoms with van der Waals surface area (Å²) in [5, 5.41) is 3.36. The minimum absolute atomic E-state index is 0.527. The van der Waals surface area contributed by atoms with E-state index in [1.165, 1.54) is 11.8 Å². The lowest BCUT2D eigenvalue weighted by atomic mass is 9.99. The molecule has 1 heterocycles. The third-order valence-corrected chi connectivity index (χ3v) is 5.46. The number of H-pyrrole nitrogens is 1. The summed E-state index contributed by atoms with van der Waals surface area (Å²) < 4.78 is 0. The van der Waals surface area contributed by atoms with Crippen LogP contribution in [0.4, 0.5) is 0 Å². The first-order valence-corrected chi connectivity index (χ1v) is 11.8. The van der Waals surface area contributed by atoms with Crippen LogP contribution in [0.1, 0.15) is 36.6 Å². The summed E-state index contributed by atoms with van der Waals surface area (Å²) in [6, 6.07) is 10.2. The molecule has 0 unspecified atom stereocenters. The van der Waals surface area contributed by atoms with Gasteiger partial charge in [-0.15, -0.1) is 0 Å². The van der Waals surface area contributed by atoms with E-state index in [9.17, 15) is 0 Å². The van der Waals surface area contributed by atoms with Gasteiger partial charge in [-0.25, -0.2) is 4.98 Å². The van der Waals surface area contributed by atoms with Gasteiger partial charge >= 0.3 is 0 Å². The number of aromatic nitrogens is 2. The molecule has 0 fully saturated rings. The lowest BCUT2D eigenvalue weighted by Gasteiger charge is -2.13. The zero-order valence-electron chi connectivity index (χ0n) is 21.6. The number of benzene rings is 1. The summed E-state index contributed by atoms with van der Waals surface area (Å²) >= 11 is 0. The van der Waals surface area contributed by atoms with Crippen LogP contribution in [0, 0.1) is 6.92 Å². The number of imidazole rings is 1. The largest absolute Gasteiger partial charge is 0.399 e. The number of nitrogens with one attached hydrogen (secondary N) is 2. The summed E-state index contributed by atoms with van der Waals surface area (Å²) in [6.45, 7) is 21.9. The van der Waals surface area contributed by atoms with Gasteiger partial charge in [0.1, 0.15) is 11.5 Å². The Morgan fingerprint density at radius 2 is 1.81 bits per heavy atom. The maximum atomic E-state index is 6.34. The first-order valence-electron chi connectivity index (χ1n) is 11.8. The fraction of sp³-hybridized carbons (Fsp3) is 0.161. The number of nitrogens with two attached hydrogens (primary N) is 1. The fourth-order valence-electron chi connectivity index (χ4n) is 3.53. The quantitative estimate of drug-likeness (QED) is 0.226. The Kier molecular flexibility index (Phi) is 10.9. The highest BCUT2D eigenvalue weighted by molar-refractivity contribution is 5.79. The molecule has 0 radical (unpaired) electrons. The number of hydrogen-bond acceptors (Lipinski definition) is 4. The number of rotatable bonds is 13. The Hall–Kier alpha value is -4.38. The van der Waals surface area contributed by atoms with Crippen LogP contribution in [-0.4, -0.2) is 16.2 Å². The van der Waals surface area contributed by atoms with Gasteiger partial charge in [0.05, 0.1) is 6.21 Å². The average Bonchev–Trinajstić information content (AvgIpc) is 3.23. The summed E-state index contributed by atoms with van der Waals surface area (Å²) in [7, 11) is 0. The topological polar surface area (TPSA) is 79.1 Å². The second-order valence-electron chi connectivity index (χ2n) is 8.21. The van der Waals surface area contributed by atoms with Crippen molar-refractivity contribution in [2.24, 2.45) is 10.7 Å². The molecule has 4 N–H and O–H groups in total. The molecule has 0 bridgehead atoms. The van der Waals surface area contributed by atoms with Crippen molar-refractivity contribution in [2.45, 2.75) is 33.6 Å². The monoisotopic (exact) mass is 479 g/mol. The first-order chi connectivity index (χ1) is 17.3. The normalized spacial score (nSPS) is 13.1. The van der Waals surface area contributed by atoms with Crippen LogP contribution in [0.2, 0.25) is 0 Å². The minimum atomic E-state index is 0.527. The van der Waals surface area contributed by atoms with Crippen molar-refractivity contribution in [2.75, 3.05) is 0 Å². The second kappa shape index (κ2) is 14.1. The van der Waals surface area contributed by atoms with Crippen molar-refractivity contribution in [3.63, 3.8) is 0 Å². The van der Waals surface area contributed by atoms with Crippen molar-refractivity contribution in [3.8, 4) is 0 Å². The number of aryl methyl sites for hydroxylation is 1. The molecule has 186 valence electrons. The number of aromatic amines is 1. The molecule has 0 aliphatic carbocycles. The molecule has 5 nitrogen and oxygen atoms in total. The van der Waals surface area contributed by atoms with Crippen molar-refractivity contribution in [1.82, 2.24) is 15.3 Å². The molecule has 0 aliphatic heterocycles. The molecule has 36 heavy (non-hydrogen) atoms. The van der Waals surface area contributed by atoms with Gasteiger partial charge in [-0.3, -0.25) is 4.99 Å². The summed E-state index contributed by atoms with van der Waals surface area (Å²) in [4.78, 5) is 12.0. The van der Waals surface area contributed by atoms with E-state index in [4.69, 9.17) is 5.73 Å². The highest BCUT2D eigenvalue weighted by Gasteiger charge is 2.11. The van der Waals surface area contributed by atoms with Crippen molar-refractivity contribution in [3.05, 3.63) is 150 Å². The number of allylic oxidation sites excluding steroid dienone is 9.